The van der Waals surface area contributed by atoms with Crippen LogP contribution in [0.4, 0.5) is 19.0 Å². The summed E-state index contributed by atoms with van der Waals surface area (Å²) in [5.41, 5.74) is 8.12. The zero-order chi connectivity index (χ0) is 29.1. The van der Waals surface area contributed by atoms with E-state index in [9.17, 15) is 27.9 Å². The van der Waals surface area contributed by atoms with Crippen LogP contribution in [-0.2, 0) is 23.8 Å². The molecule has 4 heterocycles. The van der Waals surface area contributed by atoms with Crippen LogP contribution >= 0.6 is 0 Å². The third-order valence-corrected chi connectivity index (χ3v) is 8.28. The van der Waals surface area contributed by atoms with Crippen LogP contribution in [0.2, 0.25) is 0 Å². The van der Waals surface area contributed by atoms with Gasteiger partial charge >= 0.3 is 6.18 Å². The van der Waals surface area contributed by atoms with Crippen LogP contribution < -0.4 is 5.73 Å². The molecule has 2 amide bonds. The fourth-order valence-corrected chi connectivity index (χ4v) is 5.93. The molecule has 41 heavy (non-hydrogen) atoms. The van der Waals surface area contributed by atoms with Crippen molar-refractivity contribution >= 4 is 17.6 Å². The summed E-state index contributed by atoms with van der Waals surface area (Å²) in [6, 6.07) is 4.96. The highest BCUT2D eigenvalue weighted by molar-refractivity contribution is 5.92. The number of aromatic nitrogens is 4. The number of phenols is 1. The Kier molecular flexibility index (Phi) is 6.46. The fourth-order valence-electron chi connectivity index (χ4n) is 5.93. The van der Waals surface area contributed by atoms with Gasteiger partial charge in [0.2, 0.25) is 11.7 Å². The van der Waals surface area contributed by atoms with Crippen molar-refractivity contribution < 1.29 is 27.9 Å². The Balaban J connectivity index is 1.40. The van der Waals surface area contributed by atoms with Gasteiger partial charge in [-0.05, 0) is 42.5 Å². The lowest BCUT2D eigenvalue weighted by atomic mass is 9.80. The molecule has 0 unspecified atom stereocenters. The molecule has 1 fully saturated rings. The van der Waals surface area contributed by atoms with Crippen LogP contribution in [0, 0.1) is 0 Å². The molecule has 2 aromatic heterocycles. The maximum atomic E-state index is 13.6. The number of amides is 2. The van der Waals surface area contributed by atoms with Gasteiger partial charge in [0.25, 0.3) is 5.91 Å². The van der Waals surface area contributed by atoms with Gasteiger partial charge in [0, 0.05) is 44.2 Å². The lowest BCUT2D eigenvalue weighted by Gasteiger charge is -2.37. The number of rotatable bonds is 4. The first-order valence-corrected chi connectivity index (χ1v) is 13.4. The number of nitrogen functional groups attached to an aromatic ring is 1. The molecule has 0 bridgehead atoms. The summed E-state index contributed by atoms with van der Waals surface area (Å²) < 4.78 is 41.3. The van der Waals surface area contributed by atoms with Crippen molar-refractivity contribution in [2.45, 2.75) is 50.2 Å². The van der Waals surface area contributed by atoms with E-state index in [2.05, 4.69) is 16.5 Å². The van der Waals surface area contributed by atoms with Crippen LogP contribution in [0.5, 0.6) is 5.75 Å². The Morgan fingerprint density at radius 3 is 2.59 bits per heavy atom. The second kappa shape index (κ2) is 9.89. The van der Waals surface area contributed by atoms with Crippen LogP contribution in [-0.4, -0.2) is 66.1 Å². The number of halogens is 3. The Bertz CT molecular complexity index is 1560. The molecule has 13 heteroatoms. The zero-order valence-corrected chi connectivity index (χ0v) is 22.1. The van der Waals surface area contributed by atoms with E-state index < -0.39 is 35.3 Å². The summed E-state index contributed by atoms with van der Waals surface area (Å²) in [6.45, 7) is 4.17. The van der Waals surface area contributed by atoms with Gasteiger partial charge in [-0.1, -0.05) is 19.1 Å². The molecular weight excluding hydrogens is 539 g/mol. The van der Waals surface area contributed by atoms with Gasteiger partial charge in [-0.3, -0.25) is 9.59 Å². The van der Waals surface area contributed by atoms with Gasteiger partial charge in [0.1, 0.15) is 22.8 Å². The molecule has 10 nitrogen and oxygen atoms in total. The second-order valence-electron chi connectivity index (χ2n) is 10.6. The van der Waals surface area contributed by atoms with Gasteiger partial charge < -0.3 is 20.6 Å². The first kappa shape index (κ1) is 26.8. The molecule has 1 aliphatic carbocycles. The highest BCUT2D eigenvalue weighted by atomic mass is 19.4. The van der Waals surface area contributed by atoms with E-state index in [1.165, 1.54) is 17.4 Å². The Morgan fingerprint density at radius 2 is 1.95 bits per heavy atom. The van der Waals surface area contributed by atoms with E-state index in [0.29, 0.717) is 42.9 Å². The highest BCUT2D eigenvalue weighted by Crippen LogP contribution is 2.41. The standard InChI is InChI=1S/C28H28F3N7O3/c1-2-23(40)36-10-8-18-24-20(38(35-18)19-7-6-16(12-22(19)39)15-4-3-5-15)9-11-37(21(24)14-36)27(41)26-33-13-17(25(32)34-26)28(29,30)31/h2,6-7,12-13,15,21,39H,1,3-5,8-11,14H2,(H2,32,33,34)/t21-/m0/s1. The largest absolute Gasteiger partial charge is 0.506 e. The predicted octanol–water partition coefficient (Wildman–Crippen LogP) is 3.55. The molecule has 214 valence electrons. The van der Waals surface area contributed by atoms with Crippen molar-refractivity contribution in [3.63, 3.8) is 0 Å². The van der Waals surface area contributed by atoms with Gasteiger partial charge in [0.15, 0.2) is 0 Å². The van der Waals surface area contributed by atoms with E-state index in [1.807, 2.05) is 12.1 Å². The molecule has 0 saturated heterocycles. The number of hydrogen-bond acceptors (Lipinski definition) is 7. The minimum atomic E-state index is -4.76. The zero-order valence-electron chi connectivity index (χ0n) is 22.1. The summed E-state index contributed by atoms with van der Waals surface area (Å²) in [5.74, 6) is -1.78. The van der Waals surface area contributed by atoms with Crippen LogP contribution in [0.25, 0.3) is 5.69 Å². The minimum absolute atomic E-state index is 0.107. The molecular formula is C28H28F3N7O3. The molecule has 1 aromatic carbocycles. The number of anilines is 1. The Labute approximate surface area is 233 Å². The fraction of sp³-hybridized carbons (Fsp3) is 0.393. The molecule has 3 N–H and O–H groups in total. The average molecular weight is 568 g/mol. The van der Waals surface area contributed by atoms with Gasteiger partial charge in [0.05, 0.1) is 17.4 Å². The number of phenolic OH excluding ortho intramolecular Hbond substituents is 1. The van der Waals surface area contributed by atoms with Crippen LogP contribution in [0.1, 0.15) is 69.9 Å². The molecule has 1 atom stereocenters. The Hall–Kier alpha value is -4.42. The van der Waals surface area contributed by atoms with E-state index in [1.54, 1.807) is 15.6 Å². The van der Waals surface area contributed by atoms with Crippen molar-refractivity contribution in [1.82, 2.24) is 29.5 Å². The smallest absolute Gasteiger partial charge is 0.421 e. The first-order chi connectivity index (χ1) is 19.6. The second-order valence-corrected chi connectivity index (χ2v) is 10.6. The molecule has 3 aliphatic rings. The third-order valence-electron chi connectivity index (χ3n) is 8.28. The van der Waals surface area contributed by atoms with Crippen molar-refractivity contribution in [1.29, 1.82) is 0 Å². The monoisotopic (exact) mass is 567 g/mol. The Morgan fingerprint density at radius 1 is 1.17 bits per heavy atom. The van der Waals surface area contributed by atoms with Gasteiger partial charge in [-0.2, -0.15) is 18.3 Å². The molecule has 1 saturated carbocycles. The molecule has 6 rings (SSSR count). The normalized spacial score (nSPS) is 18.9. The van der Waals surface area contributed by atoms with Crippen LogP contribution in [0.3, 0.4) is 0 Å². The number of nitrogens with zero attached hydrogens (tertiary/aromatic N) is 6. The number of aromatic hydroxyl groups is 1. The number of alkyl halides is 3. The topological polar surface area (TPSA) is 130 Å². The quantitative estimate of drug-likeness (QED) is 0.461. The van der Waals surface area contributed by atoms with E-state index in [4.69, 9.17) is 10.8 Å². The summed E-state index contributed by atoms with van der Waals surface area (Å²) >= 11 is 0. The van der Waals surface area contributed by atoms with E-state index >= 15 is 0 Å². The number of carbonyl (C=O) groups is 2. The van der Waals surface area contributed by atoms with Crippen molar-refractivity contribution in [3.8, 4) is 11.4 Å². The molecule has 2 aliphatic heterocycles. The number of carbonyl (C=O) groups excluding carboxylic acids is 2. The van der Waals surface area contributed by atoms with Crippen molar-refractivity contribution in [2.24, 2.45) is 0 Å². The number of benzene rings is 1. The maximum absolute atomic E-state index is 13.6. The van der Waals surface area contributed by atoms with Crippen molar-refractivity contribution in [3.05, 3.63) is 71.0 Å². The van der Waals surface area contributed by atoms with E-state index in [0.717, 1.165) is 29.7 Å². The third kappa shape index (κ3) is 4.58. The summed E-state index contributed by atoms with van der Waals surface area (Å²) in [5, 5.41) is 15.8. The van der Waals surface area contributed by atoms with E-state index in [-0.39, 0.29) is 24.7 Å². The van der Waals surface area contributed by atoms with Crippen LogP contribution in [0.15, 0.2) is 37.1 Å². The maximum Gasteiger partial charge on any atom is 0.421 e. The summed E-state index contributed by atoms with van der Waals surface area (Å²) in [4.78, 5) is 36.6. The highest BCUT2D eigenvalue weighted by Gasteiger charge is 2.42. The summed E-state index contributed by atoms with van der Waals surface area (Å²) in [7, 11) is 0. The van der Waals surface area contributed by atoms with Crippen molar-refractivity contribution in [2.75, 3.05) is 25.4 Å². The number of nitrogens with two attached hydrogens (primary N) is 1. The van der Waals surface area contributed by atoms with Gasteiger partial charge in [-0.25, -0.2) is 14.6 Å². The first-order valence-electron chi connectivity index (χ1n) is 13.4. The average Bonchev–Trinajstić information content (AvgIpc) is 3.15. The SMILES string of the molecule is C=CC(=O)N1CCc2nn(-c3ccc(C4CCC4)cc3O)c3c2[C@H](C1)N(C(=O)c1ncc(C(F)(F)F)c(N)n1)CC3. The lowest BCUT2D eigenvalue weighted by molar-refractivity contribution is -0.137. The molecule has 0 spiro atoms. The molecule has 3 aromatic rings. The van der Waals surface area contributed by atoms with Gasteiger partial charge in [-0.15, -0.1) is 0 Å². The minimum Gasteiger partial charge on any atom is -0.506 e. The number of hydrogen-bond donors (Lipinski definition) is 2. The lowest BCUT2D eigenvalue weighted by Crippen LogP contribution is -2.46. The summed E-state index contributed by atoms with van der Waals surface area (Å²) in [6.07, 6.45) is 1.06. The predicted molar refractivity (Wildman–Crippen MR) is 141 cm³/mol. The molecule has 0 radical (unpaired) electrons.